The first-order valence-corrected chi connectivity index (χ1v) is 11.2. The van der Waals surface area contributed by atoms with E-state index in [0.29, 0.717) is 0 Å². The molecule has 0 radical (unpaired) electrons. The molecule has 1 unspecified atom stereocenters. The van der Waals surface area contributed by atoms with Crippen molar-refractivity contribution in [2.45, 2.75) is 58.4 Å². The number of unbranched alkanes of at least 4 members (excludes halogenated alkanes) is 2. The lowest BCUT2D eigenvalue weighted by Crippen LogP contribution is -2.21. The van der Waals surface area contributed by atoms with Crippen molar-refractivity contribution in [1.82, 2.24) is 0 Å². The highest BCUT2D eigenvalue weighted by atomic mass is 16.1. The van der Waals surface area contributed by atoms with Gasteiger partial charge in [-0.25, -0.2) is 0 Å². The van der Waals surface area contributed by atoms with E-state index in [9.17, 15) is 4.79 Å². The largest absolute Gasteiger partial charge is 0.371 e. The second-order valence-electron chi connectivity index (χ2n) is 7.95. The summed E-state index contributed by atoms with van der Waals surface area (Å²) in [5, 5.41) is 3.46. The Morgan fingerprint density at radius 1 is 0.733 bits per heavy atom. The van der Waals surface area contributed by atoms with E-state index in [-0.39, 0.29) is 5.78 Å². The zero-order chi connectivity index (χ0) is 21.2. The van der Waals surface area contributed by atoms with Crippen LogP contribution < -0.4 is 5.32 Å². The first-order chi connectivity index (χ1) is 14.7. The zero-order valence-corrected chi connectivity index (χ0v) is 18.2. The Balaban J connectivity index is 1.84. The molecule has 0 fully saturated rings. The molecule has 1 atom stereocenters. The van der Waals surface area contributed by atoms with E-state index >= 15 is 0 Å². The molecule has 0 bridgehead atoms. The topological polar surface area (TPSA) is 29.1 Å². The number of carbonyl (C=O) groups is 1. The lowest BCUT2D eigenvalue weighted by molar-refractivity contribution is 0.0969. The average molecular weight is 400 g/mol. The van der Waals surface area contributed by atoms with Gasteiger partial charge in [0, 0.05) is 11.3 Å². The summed E-state index contributed by atoms with van der Waals surface area (Å²) in [4.78, 5) is 13.5. The lowest BCUT2D eigenvalue weighted by atomic mass is 9.94. The van der Waals surface area contributed by atoms with Crippen LogP contribution in [0.3, 0.4) is 0 Å². The Hall–Kier alpha value is -2.87. The predicted octanol–water partition coefficient (Wildman–Crippen LogP) is 7.41. The van der Waals surface area contributed by atoms with Crippen molar-refractivity contribution in [2.75, 3.05) is 5.32 Å². The molecule has 3 rings (SSSR count). The van der Waals surface area contributed by atoms with E-state index in [0.717, 1.165) is 29.7 Å². The van der Waals surface area contributed by atoms with Crippen molar-refractivity contribution in [3.63, 3.8) is 0 Å². The minimum absolute atomic E-state index is 0.0993. The van der Waals surface area contributed by atoms with Crippen molar-refractivity contribution < 1.29 is 4.79 Å². The fraction of sp³-hybridized carbons (Fsp3) is 0.321. The molecule has 3 aromatic rings. The minimum atomic E-state index is -0.408. The molecule has 0 amide bonds. The van der Waals surface area contributed by atoms with E-state index in [1.165, 1.54) is 36.8 Å². The number of carbonyl (C=O) groups excluding carboxylic acids is 1. The Kier molecular flexibility index (Phi) is 8.26. The highest BCUT2D eigenvalue weighted by Gasteiger charge is 2.22. The van der Waals surface area contributed by atoms with Crippen LogP contribution in [0.25, 0.3) is 0 Å². The summed E-state index contributed by atoms with van der Waals surface area (Å²) >= 11 is 0. The molecular formula is C28H33NO. The Morgan fingerprint density at radius 3 is 1.80 bits per heavy atom. The Bertz CT molecular complexity index is 898. The molecule has 0 heterocycles. The molecule has 0 spiro atoms. The van der Waals surface area contributed by atoms with E-state index in [1.807, 2.05) is 42.5 Å². The molecule has 0 aliphatic carbocycles. The van der Waals surface area contributed by atoms with Gasteiger partial charge in [0.15, 0.2) is 5.78 Å². The van der Waals surface area contributed by atoms with Gasteiger partial charge in [0.2, 0.25) is 0 Å². The van der Waals surface area contributed by atoms with Gasteiger partial charge in [0.1, 0.15) is 6.04 Å². The third-order valence-corrected chi connectivity index (χ3v) is 5.54. The average Bonchev–Trinajstić information content (AvgIpc) is 2.81. The second-order valence-corrected chi connectivity index (χ2v) is 7.95. The zero-order valence-electron chi connectivity index (χ0n) is 18.2. The van der Waals surface area contributed by atoms with Crippen LogP contribution in [0.2, 0.25) is 0 Å². The van der Waals surface area contributed by atoms with Gasteiger partial charge in [-0.2, -0.15) is 0 Å². The van der Waals surface area contributed by atoms with Crippen LogP contribution in [0.1, 0.15) is 72.6 Å². The molecule has 0 saturated carbocycles. The summed E-state index contributed by atoms with van der Waals surface area (Å²) in [5.74, 6) is 0.0993. The number of Topliss-reactive ketones (excluding diaryl/α,β-unsaturated/α-hetero) is 1. The molecule has 156 valence electrons. The van der Waals surface area contributed by atoms with Crippen LogP contribution in [0, 0.1) is 0 Å². The van der Waals surface area contributed by atoms with Gasteiger partial charge in [-0.3, -0.25) is 4.79 Å². The predicted molar refractivity (Wildman–Crippen MR) is 127 cm³/mol. The van der Waals surface area contributed by atoms with Gasteiger partial charge in [0.25, 0.3) is 0 Å². The molecule has 0 aromatic heterocycles. The third kappa shape index (κ3) is 6.06. The monoisotopic (exact) mass is 399 g/mol. The van der Waals surface area contributed by atoms with Crippen LogP contribution in [-0.4, -0.2) is 5.78 Å². The van der Waals surface area contributed by atoms with Crippen LogP contribution in [0.4, 0.5) is 5.69 Å². The lowest BCUT2D eigenvalue weighted by Gasteiger charge is -2.20. The first kappa shape index (κ1) is 21.8. The van der Waals surface area contributed by atoms with Gasteiger partial charge in [-0.15, -0.1) is 0 Å². The van der Waals surface area contributed by atoms with Gasteiger partial charge >= 0.3 is 0 Å². The van der Waals surface area contributed by atoms with Crippen LogP contribution in [-0.2, 0) is 12.8 Å². The number of hydrogen-bond donors (Lipinski definition) is 1. The molecule has 1 N–H and O–H groups in total. The molecule has 30 heavy (non-hydrogen) atoms. The Morgan fingerprint density at radius 2 is 1.27 bits per heavy atom. The minimum Gasteiger partial charge on any atom is -0.371 e. The van der Waals surface area contributed by atoms with E-state index < -0.39 is 6.04 Å². The molecule has 0 saturated heterocycles. The number of rotatable bonds is 11. The Labute approximate surface area is 181 Å². The van der Waals surface area contributed by atoms with Gasteiger partial charge < -0.3 is 5.32 Å². The van der Waals surface area contributed by atoms with Crippen molar-refractivity contribution in [1.29, 1.82) is 0 Å². The SMILES string of the molecule is CCCCc1ccc(C(=O)C(Nc2ccccc2)c2ccc(CCCC)cc2)cc1. The summed E-state index contributed by atoms with van der Waals surface area (Å²) in [6.07, 6.45) is 6.88. The number of benzene rings is 3. The highest BCUT2D eigenvalue weighted by Crippen LogP contribution is 2.25. The first-order valence-electron chi connectivity index (χ1n) is 11.2. The summed E-state index contributed by atoms with van der Waals surface area (Å²) in [7, 11) is 0. The standard InChI is InChI=1S/C28H33NO/c1-3-5-10-22-14-18-24(19-15-22)27(29-26-12-8-7-9-13-26)28(30)25-20-16-23(17-21-25)11-6-4-2/h7-9,12-21,27,29H,3-6,10-11H2,1-2H3. The van der Waals surface area contributed by atoms with Crippen molar-refractivity contribution >= 4 is 11.5 Å². The molecular weight excluding hydrogens is 366 g/mol. The molecule has 0 aliphatic heterocycles. The van der Waals surface area contributed by atoms with Gasteiger partial charge in [0.05, 0.1) is 0 Å². The summed E-state index contributed by atoms with van der Waals surface area (Å²) in [5.41, 5.74) is 5.32. The van der Waals surface area contributed by atoms with Crippen LogP contribution in [0.15, 0.2) is 78.9 Å². The van der Waals surface area contributed by atoms with Crippen molar-refractivity contribution in [3.05, 3.63) is 101 Å². The number of nitrogens with one attached hydrogen (secondary N) is 1. The highest BCUT2D eigenvalue weighted by molar-refractivity contribution is 6.02. The summed E-state index contributed by atoms with van der Waals surface area (Å²) < 4.78 is 0. The molecule has 2 heteroatoms. The number of aryl methyl sites for hydroxylation is 2. The number of anilines is 1. The molecule has 0 aliphatic rings. The maximum absolute atomic E-state index is 13.5. The van der Waals surface area contributed by atoms with Gasteiger partial charge in [-0.05, 0) is 54.5 Å². The normalized spacial score (nSPS) is 11.8. The van der Waals surface area contributed by atoms with Crippen LogP contribution in [0.5, 0.6) is 0 Å². The van der Waals surface area contributed by atoms with Crippen LogP contribution >= 0.6 is 0 Å². The fourth-order valence-corrected chi connectivity index (χ4v) is 3.64. The van der Waals surface area contributed by atoms with E-state index in [4.69, 9.17) is 0 Å². The van der Waals surface area contributed by atoms with Gasteiger partial charge in [-0.1, -0.05) is 93.4 Å². The summed E-state index contributed by atoms with van der Waals surface area (Å²) in [6.45, 7) is 4.41. The smallest absolute Gasteiger partial charge is 0.189 e. The van der Waals surface area contributed by atoms with E-state index in [2.05, 4.69) is 55.6 Å². The molecule has 2 nitrogen and oxygen atoms in total. The third-order valence-electron chi connectivity index (χ3n) is 5.54. The number of para-hydroxylation sites is 1. The summed E-state index contributed by atoms with van der Waals surface area (Å²) in [6, 6.07) is 26.2. The molecule has 3 aromatic carbocycles. The van der Waals surface area contributed by atoms with Crippen molar-refractivity contribution in [2.24, 2.45) is 0 Å². The second kappa shape index (κ2) is 11.3. The quantitative estimate of drug-likeness (QED) is 0.340. The number of hydrogen-bond acceptors (Lipinski definition) is 2. The number of ketones is 1. The van der Waals surface area contributed by atoms with Crippen molar-refractivity contribution in [3.8, 4) is 0 Å². The maximum Gasteiger partial charge on any atom is 0.189 e. The fourth-order valence-electron chi connectivity index (χ4n) is 3.64. The maximum atomic E-state index is 13.5. The van der Waals surface area contributed by atoms with E-state index in [1.54, 1.807) is 0 Å².